The number of thioether (sulfide) groups is 1. The monoisotopic (exact) mass is 906 g/mol. The minimum Gasteiger partial charge on any atom is -0.444 e. The summed E-state index contributed by atoms with van der Waals surface area (Å²) in [7, 11) is 0. The number of anilines is 1. The molecule has 2 aliphatic rings. The lowest BCUT2D eigenvalue weighted by Crippen LogP contribution is -2.52. The highest BCUT2D eigenvalue weighted by Crippen LogP contribution is 2.34. The average Bonchev–Trinajstić information content (AvgIpc) is 4.06. The predicted molar refractivity (Wildman–Crippen MR) is 245 cm³/mol. The highest BCUT2D eigenvalue weighted by molar-refractivity contribution is 8.00. The van der Waals surface area contributed by atoms with E-state index in [2.05, 4.69) is 56.6 Å². The number of unbranched alkanes of at least 4 members (excludes halogenated alkanes) is 1. The van der Waals surface area contributed by atoms with Crippen LogP contribution in [0.4, 0.5) is 5.13 Å². The van der Waals surface area contributed by atoms with Crippen molar-refractivity contribution in [2.45, 2.75) is 121 Å². The van der Waals surface area contributed by atoms with Gasteiger partial charge >= 0.3 is 0 Å². The van der Waals surface area contributed by atoms with Crippen molar-refractivity contribution < 1.29 is 28.7 Å². The molecule has 0 spiro atoms. The smallest absolute Gasteiger partial charge is 0.243 e. The topological polar surface area (TPSA) is 183 Å². The van der Waals surface area contributed by atoms with E-state index < -0.39 is 23.5 Å². The summed E-state index contributed by atoms with van der Waals surface area (Å²) < 4.78 is 6.87. The van der Waals surface area contributed by atoms with Crippen LogP contribution in [0.5, 0.6) is 0 Å². The minimum absolute atomic E-state index is 0.00161. The number of β-amino-alcohol motifs (C(OH)–C–C–N with tert-alkyl or cyclic N) is 1. The molecule has 1 aromatic carbocycles. The third-order valence-corrected chi connectivity index (χ3v) is 14.6. The second-order valence-electron chi connectivity index (χ2n) is 18.5. The van der Waals surface area contributed by atoms with E-state index in [0.29, 0.717) is 36.2 Å². The van der Waals surface area contributed by atoms with Crippen LogP contribution in [0.3, 0.4) is 0 Å². The quantitative estimate of drug-likeness (QED) is 0.0631. The zero-order valence-electron chi connectivity index (χ0n) is 37.0. The maximum absolute atomic E-state index is 14.0. The number of oxazole rings is 1. The number of piperidine rings is 1. The molecule has 3 aromatic heterocycles. The second-order valence-corrected chi connectivity index (χ2v) is 21.7. The van der Waals surface area contributed by atoms with Gasteiger partial charge in [-0.3, -0.25) is 19.2 Å². The maximum Gasteiger partial charge on any atom is 0.243 e. The summed E-state index contributed by atoms with van der Waals surface area (Å²) >= 11 is 4.62. The standard InChI is InChI=1S/C45H62N8O6S3/c1-28-39(61-27-50-28)30-13-11-29(12-14-30)21-48-41(57)34-20-32(54)25-53(34)42(58)33(44(2,3)4)22-46-36(55)10-8-9-17-52-18-15-31(16-19-52)40(56)51-43-49-24-38(62-43)60-26-37-47-23-35(59-37)45(5,6)7/h11-14,23-24,27,31-34,54H,8-10,15-22,25-26H2,1-7H3,(H,46,55)(H,48,57)(H,49,51,56)/t32-,33?,34?/m1/s1. The van der Waals surface area contributed by atoms with Crippen LogP contribution in [-0.4, -0.2) is 98.4 Å². The summed E-state index contributed by atoms with van der Waals surface area (Å²) in [4.78, 5) is 71.6. The predicted octanol–water partition coefficient (Wildman–Crippen LogP) is 7.03. The van der Waals surface area contributed by atoms with Gasteiger partial charge in [0.1, 0.15) is 11.8 Å². The molecule has 2 aliphatic heterocycles. The molecule has 2 saturated heterocycles. The van der Waals surface area contributed by atoms with Crippen LogP contribution in [0.2, 0.25) is 0 Å². The van der Waals surface area contributed by atoms with E-state index in [4.69, 9.17) is 4.42 Å². The van der Waals surface area contributed by atoms with Gasteiger partial charge in [0.25, 0.3) is 0 Å². The van der Waals surface area contributed by atoms with Crippen LogP contribution in [0.25, 0.3) is 10.4 Å². The van der Waals surface area contributed by atoms with Crippen molar-refractivity contribution in [3.63, 3.8) is 0 Å². The number of aliphatic hydroxyl groups is 1. The van der Waals surface area contributed by atoms with Gasteiger partial charge < -0.3 is 35.3 Å². The number of amides is 4. The maximum atomic E-state index is 14.0. The first-order valence-corrected chi connectivity index (χ1v) is 24.2. The lowest BCUT2D eigenvalue weighted by molar-refractivity contribution is -0.144. The first-order chi connectivity index (χ1) is 29.4. The molecular formula is C45H62N8O6S3. The zero-order chi connectivity index (χ0) is 44.6. The van der Waals surface area contributed by atoms with E-state index in [1.807, 2.05) is 57.5 Å². The summed E-state index contributed by atoms with van der Waals surface area (Å²) in [5, 5.41) is 20.2. The van der Waals surface area contributed by atoms with Gasteiger partial charge in [0, 0.05) is 43.8 Å². The zero-order valence-corrected chi connectivity index (χ0v) is 39.4. The van der Waals surface area contributed by atoms with Crippen LogP contribution in [0.1, 0.15) is 103 Å². The number of aliphatic hydroxyl groups excluding tert-OH is 1. The Kier molecular flexibility index (Phi) is 16.0. The fourth-order valence-corrected chi connectivity index (χ4v) is 10.3. The number of likely N-dealkylation sites (tertiary alicyclic amines) is 2. The second kappa shape index (κ2) is 21.0. The number of aryl methyl sites for hydroxylation is 1. The molecule has 4 amide bonds. The van der Waals surface area contributed by atoms with Crippen molar-refractivity contribution in [2.75, 3.05) is 38.0 Å². The molecule has 0 bridgehead atoms. The molecule has 5 heterocycles. The van der Waals surface area contributed by atoms with Crippen LogP contribution in [0.15, 0.2) is 50.8 Å². The third kappa shape index (κ3) is 13.0. The molecule has 4 aromatic rings. The van der Waals surface area contributed by atoms with E-state index in [9.17, 15) is 24.3 Å². The number of carbonyl (C=O) groups is 4. The van der Waals surface area contributed by atoms with Crippen LogP contribution < -0.4 is 16.0 Å². The molecule has 0 radical (unpaired) electrons. The van der Waals surface area contributed by atoms with E-state index in [0.717, 1.165) is 70.6 Å². The van der Waals surface area contributed by atoms with Crippen molar-refractivity contribution in [1.82, 2.24) is 35.4 Å². The molecule has 336 valence electrons. The largest absolute Gasteiger partial charge is 0.444 e. The number of nitrogens with one attached hydrogen (secondary N) is 3. The van der Waals surface area contributed by atoms with Crippen LogP contribution >= 0.6 is 34.4 Å². The first kappa shape index (κ1) is 47.3. The number of aromatic nitrogens is 3. The number of thiazole rings is 2. The van der Waals surface area contributed by atoms with Crippen molar-refractivity contribution in [1.29, 1.82) is 0 Å². The number of hydrogen-bond acceptors (Lipinski definition) is 13. The van der Waals surface area contributed by atoms with E-state index in [-0.39, 0.29) is 54.5 Å². The summed E-state index contributed by atoms with van der Waals surface area (Å²) in [6.45, 7) is 17.1. The Balaban J connectivity index is 0.876. The Morgan fingerprint density at radius 2 is 1.71 bits per heavy atom. The fourth-order valence-electron chi connectivity index (χ4n) is 7.72. The molecule has 62 heavy (non-hydrogen) atoms. The molecule has 2 fully saturated rings. The normalized spacial score (nSPS) is 18.2. The molecule has 6 rings (SSSR count). The SMILES string of the molecule is Cc1ncsc1-c1ccc(CNC(=O)C2C[C@@H](O)CN2C(=O)C(CNC(=O)CCCCN2CCC(C(=O)Nc3ncc(SCc4ncc(C(C)(C)C)o4)s3)CC2)C(C)(C)C)cc1. The summed E-state index contributed by atoms with van der Waals surface area (Å²) in [5.74, 6) is 0.779. The first-order valence-electron chi connectivity index (χ1n) is 21.5. The minimum atomic E-state index is -0.809. The van der Waals surface area contributed by atoms with Gasteiger partial charge in [0.2, 0.25) is 29.5 Å². The van der Waals surface area contributed by atoms with Gasteiger partial charge in [0.15, 0.2) is 5.13 Å². The third-order valence-electron chi connectivity index (χ3n) is 11.6. The van der Waals surface area contributed by atoms with E-state index in [1.165, 1.54) is 16.2 Å². The summed E-state index contributed by atoms with van der Waals surface area (Å²) in [6.07, 6.45) is 6.32. The molecule has 0 aliphatic carbocycles. The Morgan fingerprint density at radius 3 is 2.37 bits per heavy atom. The number of rotatable bonds is 17. The summed E-state index contributed by atoms with van der Waals surface area (Å²) in [5.41, 5.74) is 4.20. The molecular weight excluding hydrogens is 845 g/mol. The Morgan fingerprint density at radius 1 is 0.968 bits per heavy atom. The fraction of sp³-hybridized carbons (Fsp3) is 0.578. The Bertz CT molecular complexity index is 2130. The van der Waals surface area contributed by atoms with E-state index >= 15 is 0 Å². The average molecular weight is 907 g/mol. The molecule has 3 atom stereocenters. The van der Waals surface area contributed by atoms with Gasteiger partial charge in [-0.1, -0.05) is 77.1 Å². The molecule has 14 nitrogen and oxygen atoms in total. The molecule has 0 saturated carbocycles. The number of carbonyl (C=O) groups excluding carboxylic acids is 4. The van der Waals surface area contributed by atoms with Crippen molar-refractivity contribution >= 4 is 63.2 Å². The number of nitrogens with zero attached hydrogens (tertiary/aromatic N) is 5. The van der Waals surface area contributed by atoms with Gasteiger partial charge in [-0.05, 0) is 68.8 Å². The van der Waals surface area contributed by atoms with Crippen LogP contribution in [0, 0.1) is 24.2 Å². The van der Waals surface area contributed by atoms with E-state index in [1.54, 1.807) is 35.5 Å². The summed E-state index contributed by atoms with van der Waals surface area (Å²) in [6, 6.07) is 7.16. The highest BCUT2D eigenvalue weighted by atomic mass is 32.2. The van der Waals surface area contributed by atoms with Gasteiger partial charge in [0.05, 0.1) is 50.5 Å². The lowest BCUT2D eigenvalue weighted by atomic mass is 9.79. The number of hydrogen-bond donors (Lipinski definition) is 4. The van der Waals surface area contributed by atoms with Gasteiger partial charge in [-0.2, -0.15) is 0 Å². The lowest BCUT2D eigenvalue weighted by Gasteiger charge is -2.35. The highest BCUT2D eigenvalue weighted by Gasteiger charge is 2.44. The van der Waals surface area contributed by atoms with Crippen molar-refractivity contribution in [3.8, 4) is 10.4 Å². The molecule has 4 N–H and O–H groups in total. The Hall–Kier alpha value is -4.16. The van der Waals surface area contributed by atoms with Crippen molar-refractivity contribution in [3.05, 3.63) is 65.1 Å². The van der Waals surface area contributed by atoms with Gasteiger partial charge in [-0.15, -0.1) is 23.1 Å². The van der Waals surface area contributed by atoms with Crippen LogP contribution in [-0.2, 0) is 36.9 Å². The molecule has 17 heteroatoms. The van der Waals surface area contributed by atoms with Gasteiger partial charge in [-0.25, -0.2) is 15.0 Å². The van der Waals surface area contributed by atoms with Crippen molar-refractivity contribution in [2.24, 2.45) is 17.3 Å². The number of benzene rings is 1. The Labute approximate surface area is 377 Å². The molecule has 2 unspecified atom stereocenters.